The van der Waals surface area contributed by atoms with Crippen molar-refractivity contribution in [3.63, 3.8) is 0 Å². The molecule has 0 spiro atoms. The van der Waals surface area contributed by atoms with Gasteiger partial charge in [0.15, 0.2) is 11.2 Å². The number of aromatic amines is 1. The Morgan fingerprint density at radius 1 is 1.26 bits per heavy atom. The van der Waals surface area contributed by atoms with Gasteiger partial charge in [0.2, 0.25) is 0 Å². The van der Waals surface area contributed by atoms with Gasteiger partial charge in [-0.1, -0.05) is 42.5 Å². The van der Waals surface area contributed by atoms with Gasteiger partial charge in [-0.05, 0) is 29.7 Å². The predicted molar refractivity (Wildman–Crippen MR) is 98.3 cm³/mol. The minimum atomic E-state index is -0.556. The van der Waals surface area contributed by atoms with Crippen LogP contribution < -0.4 is 10.9 Å². The van der Waals surface area contributed by atoms with Crippen molar-refractivity contribution in [2.24, 2.45) is 0 Å². The second-order valence-electron chi connectivity index (χ2n) is 6.34. The summed E-state index contributed by atoms with van der Waals surface area (Å²) in [5.74, 6) is -0.871. The van der Waals surface area contributed by atoms with E-state index in [-0.39, 0.29) is 22.6 Å². The molecule has 1 amide bonds. The van der Waals surface area contributed by atoms with Crippen LogP contribution in [0.1, 0.15) is 28.9 Å². The first-order valence-electron chi connectivity index (χ1n) is 8.44. The van der Waals surface area contributed by atoms with Crippen molar-refractivity contribution < 1.29 is 9.18 Å². The van der Waals surface area contributed by atoms with Crippen molar-refractivity contribution in [2.75, 3.05) is 6.54 Å². The molecule has 136 valence electrons. The van der Waals surface area contributed by atoms with E-state index in [0.29, 0.717) is 12.1 Å². The number of fused-ring (bicyclic) bond motifs is 3. The maximum Gasteiger partial charge on any atom is 0.277 e. The number of carbonyl (C=O) groups is 1. The minimum absolute atomic E-state index is 0.0268. The number of aromatic nitrogens is 4. The highest BCUT2D eigenvalue weighted by Gasteiger charge is 2.20. The van der Waals surface area contributed by atoms with Crippen LogP contribution in [0.3, 0.4) is 0 Å². The molecule has 0 saturated heterocycles. The second kappa shape index (κ2) is 6.64. The van der Waals surface area contributed by atoms with Crippen molar-refractivity contribution in [3.05, 3.63) is 76.0 Å². The number of amides is 1. The molecule has 8 heteroatoms. The fraction of sp³-hybridized carbons (Fsp3) is 0.158. The van der Waals surface area contributed by atoms with Gasteiger partial charge < -0.3 is 10.3 Å². The first-order chi connectivity index (χ1) is 13.0. The lowest BCUT2D eigenvalue weighted by molar-refractivity contribution is 0.0948. The molecule has 0 bridgehead atoms. The van der Waals surface area contributed by atoms with Crippen molar-refractivity contribution >= 4 is 22.5 Å². The number of carbonyl (C=O) groups excluding carboxylic acids is 1. The van der Waals surface area contributed by atoms with Crippen LogP contribution in [-0.4, -0.2) is 32.3 Å². The van der Waals surface area contributed by atoms with Gasteiger partial charge in [-0.25, -0.2) is 8.91 Å². The predicted octanol–water partition coefficient (Wildman–Crippen LogP) is 2.24. The van der Waals surface area contributed by atoms with Crippen molar-refractivity contribution in [1.82, 2.24) is 25.1 Å². The third kappa shape index (κ3) is 3.05. The number of nitrogens with one attached hydrogen (secondary N) is 2. The summed E-state index contributed by atoms with van der Waals surface area (Å²) in [7, 11) is 0. The van der Waals surface area contributed by atoms with Gasteiger partial charge in [-0.15, -0.1) is 5.10 Å². The maximum absolute atomic E-state index is 13.4. The summed E-state index contributed by atoms with van der Waals surface area (Å²) in [5.41, 5.74) is 1.23. The van der Waals surface area contributed by atoms with E-state index in [9.17, 15) is 14.0 Å². The SMILES string of the molecule is CC(CNC(=O)c1nnn2c1c(=O)[nH]c1cc(F)ccc12)c1ccccc1. The minimum Gasteiger partial charge on any atom is -0.350 e. The standard InChI is InChI=1S/C19H16FN5O2/c1-11(12-5-3-2-4-6-12)10-21-18(26)16-17-19(27)22-14-9-13(20)7-8-15(14)25(17)24-23-16/h2-9,11H,10H2,1H3,(H,21,26)(H,22,27). The van der Waals surface area contributed by atoms with Crippen LogP contribution >= 0.6 is 0 Å². The van der Waals surface area contributed by atoms with Crippen LogP contribution in [0.2, 0.25) is 0 Å². The van der Waals surface area contributed by atoms with Crippen molar-refractivity contribution in [3.8, 4) is 0 Å². The van der Waals surface area contributed by atoms with E-state index in [1.807, 2.05) is 37.3 Å². The zero-order chi connectivity index (χ0) is 19.0. The Morgan fingerprint density at radius 3 is 2.81 bits per heavy atom. The first-order valence-corrected chi connectivity index (χ1v) is 8.44. The lowest BCUT2D eigenvalue weighted by Crippen LogP contribution is -2.29. The second-order valence-corrected chi connectivity index (χ2v) is 6.34. The Bertz CT molecular complexity index is 1200. The molecule has 27 heavy (non-hydrogen) atoms. The number of H-pyrrole nitrogens is 1. The number of rotatable bonds is 4. The van der Waals surface area contributed by atoms with Crippen LogP contribution in [0.4, 0.5) is 4.39 Å². The third-order valence-electron chi connectivity index (χ3n) is 4.47. The average molecular weight is 365 g/mol. The molecule has 0 aliphatic rings. The van der Waals surface area contributed by atoms with Gasteiger partial charge in [0.25, 0.3) is 11.5 Å². The van der Waals surface area contributed by atoms with Gasteiger partial charge >= 0.3 is 0 Å². The molecule has 0 saturated carbocycles. The van der Waals surface area contributed by atoms with Gasteiger partial charge in [0, 0.05) is 6.54 Å². The molecule has 0 aliphatic heterocycles. The van der Waals surface area contributed by atoms with Crippen LogP contribution in [0.15, 0.2) is 53.3 Å². The van der Waals surface area contributed by atoms with Crippen molar-refractivity contribution in [1.29, 1.82) is 0 Å². The molecule has 2 N–H and O–H groups in total. The van der Waals surface area contributed by atoms with E-state index in [1.165, 1.54) is 22.7 Å². The number of hydrogen-bond acceptors (Lipinski definition) is 4. The summed E-state index contributed by atoms with van der Waals surface area (Å²) in [6.07, 6.45) is 0. The van der Waals surface area contributed by atoms with Gasteiger partial charge in [-0.3, -0.25) is 9.59 Å². The summed E-state index contributed by atoms with van der Waals surface area (Å²) >= 11 is 0. The van der Waals surface area contributed by atoms with Crippen LogP contribution in [0.5, 0.6) is 0 Å². The Morgan fingerprint density at radius 2 is 2.04 bits per heavy atom. The molecule has 4 aromatic rings. The van der Waals surface area contributed by atoms with E-state index >= 15 is 0 Å². The molecule has 0 radical (unpaired) electrons. The molecular weight excluding hydrogens is 349 g/mol. The molecule has 2 heterocycles. The average Bonchev–Trinajstić information content (AvgIpc) is 3.12. The Hall–Kier alpha value is -3.55. The monoisotopic (exact) mass is 365 g/mol. The highest BCUT2D eigenvalue weighted by atomic mass is 19.1. The number of nitrogens with zero attached hydrogens (tertiary/aromatic N) is 3. The zero-order valence-electron chi connectivity index (χ0n) is 14.4. The summed E-state index contributed by atoms with van der Waals surface area (Å²) in [4.78, 5) is 27.5. The first kappa shape index (κ1) is 16.9. The van der Waals surface area contributed by atoms with Gasteiger partial charge in [-0.2, -0.15) is 0 Å². The van der Waals surface area contributed by atoms with E-state index in [0.717, 1.165) is 5.56 Å². The number of halogens is 1. The van der Waals surface area contributed by atoms with E-state index in [2.05, 4.69) is 20.6 Å². The largest absolute Gasteiger partial charge is 0.350 e. The molecule has 0 aliphatic carbocycles. The fourth-order valence-electron chi connectivity index (χ4n) is 3.01. The quantitative estimate of drug-likeness (QED) is 0.580. The molecular formula is C19H16FN5O2. The molecule has 1 atom stereocenters. The third-order valence-corrected chi connectivity index (χ3v) is 4.47. The lowest BCUT2D eigenvalue weighted by atomic mass is 10.0. The summed E-state index contributed by atoms with van der Waals surface area (Å²) in [5, 5.41) is 10.6. The Labute approximate surface area is 152 Å². The molecule has 7 nitrogen and oxygen atoms in total. The van der Waals surface area contributed by atoms with Gasteiger partial charge in [0.05, 0.1) is 11.0 Å². The molecule has 1 unspecified atom stereocenters. The van der Waals surface area contributed by atoms with E-state index < -0.39 is 17.3 Å². The molecule has 0 fully saturated rings. The van der Waals surface area contributed by atoms with Crippen LogP contribution in [-0.2, 0) is 0 Å². The highest BCUT2D eigenvalue weighted by molar-refractivity contribution is 5.99. The van der Waals surface area contributed by atoms with E-state index in [4.69, 9.17) is 0 Å². The van der Waals surface area contributed by atoms with Crippen LogP contribution in [0, 0.1) is 5.82 Å². The van der Waals surface area contributed by atoms with Crippen LogP contribution in [0.25, 0.3) is 16.6 Å². The summed E-state index contributed by atoms with van der Waals surface area (Å²) in [6, 6.07) is 13.7. The zero-order valence-corrected chi connectivity index (χ0v) is 14.4. The molecule has 2 aromatic carbocycles. The highest BCUT2D eigenvalue weighted by Crippen LogP contribution is 2.15. The Balaban J connectivity index is 1.65. The Kier molecular flexibility index (Phi) is 4.15. The van der Waals surface area contributed by atoms with Gasteiger partial charge in [0.1, 0.15) is 5.82 Å². The lowest BCUT2D eigenvalue weighted by Gasteiger charge is -2.12. The molecule has 4 rings (SSSR count). The summed E-state index contributed by atoms with van der Waals surface area (Å²) in [6.45, 7) is 2.38. The normalized spacial score (nSPS) is 12.4. The van der Waals surface area contributed by atoms with Crippen molar-refractivity contribution in [2.45, 2.75) is 12.8 Å². The van der Waals surface area contributed by atoms with E-state index in [1.54, 1.807) is 0 Å². The molecule has 2 aromatic heterocycles. The smallest absolute Gasteiger partial charge is 0.277 e. The fourth-order valence-corrected chi connectivity index (χ4v) is 3.01. The number of benzene rings is 2. The topological polar surface area (TPSA) is 92.2 Å². The number of hydrogen-bond donors (Lipinski definition) is 2. The summed E-state index contributed by atoms with van der Waals surface area (Å²) < 4.78 is 14.6. The maximum atomic E-state index is 13.4.